The molecule has 0 radical (unpaired) electrons. The summed E-state index contributed by atoms with van der Waals surface area (Å²) in [5.41, 5.74) is 1.95. The van der Waals surface area contributed by atoms with Crippen LogP contribution in [0.2, 0.25) is 0 Å². The molecule has 1 saturated heterocycles. The van der Waals surface area contributed by atoms with Crippen molar-refractivity contribution in [1.29, 1.82) is 0 Å². The van der Waals surface area contributed by atoms with Gasteiger partial charge >= 0.3 is 0 Å². The highest BCUT2D eigenvalue weighted by Crippen LogP contribution is 2.32. The highest BCUT2D eigenvalue weighted by molar-refractivity contribution is 7.71. The summed E-state index contributed by atoms with van der Waals surface area (Å²) in [7, 11) is 0. The summed E-state index contributed by atoms with van der Waals surface area (Å²) >= 11 is 5.38. The van der Waals surface area contributed by atoms with Crippen molar-refractivity contribution in [3.63, 3.8) is 0 Å². The van der Waals surface area contributed by atoms with Crippen LogP contribution in [0.5, 0.6) is 0 Å². The molecule has 0 saturated carbocycles. The number of nitrogens with zero attached hydrogens (tertiary/aromatic N) is 2. The topological polar surface area (TPSA) is 56.0 Å². The average Bonchev–Trinajstić information content (AvgIpc) is 3.23. The third-order valence-electron chi connectivity index (χ3n) is 4.22. The van der Waals surface area contributed by atoms with E-state index >= 15 is 0 Å². The molecule has 1 N–H and O–H groups in total. The molecular formula is C16H17N3O2S. The van der Waals surface area contributed by atoms with Crippen molar-refractivity contribution in [3.05, 3.63) is 34.6 Å². The van der Waals surface area contributed by atoms with Crippen LogP contribution in [-0.4, -0.2) is 27.5 Å². The molecule has 1 aliphatic heterocycles. The molecule has 0 spiro atoms. The second-order valence-corrected chi connectivity index (χ2v) is 6.04. The van der Waals surface area contributed by atoms with Gasteiger partial charge in [0.2, 0.25) is 0 Å². The Balaban J connectivity index is 1.81. The van der Waals surface area contributed by atoms with Crippen molar-refractivity contribution < 1.29 is 9.15 Å². The van der Waals surface area contributed by atoms with Crippen LogP contribution in [0.3, 0.4) is 0 Å². The predicted octanol–water partition coefficient (Wildman–Crippen LogP) is 3.84. The summed E-state index contributed by atoms with van der Waals surface area (Å²) in [5, 5.41) is 8.37. The van der Waals surface area contributed by atoms with Crippen molar-refractivity contribution >= 4 is 23.2 Å². The van der Waals surface area contributed by atoms with Crippen LogP contribution in [-0.2, 0) is 11.3 Å². The lowest BCUT2D eigenvalue weighted by Gasteiger charge is -2.11. The van der Waals surface area contributed by atoms with Gasteiger partial charge in [-0.05, 0) is 38.0 Å². The van der Waals surface area contributed by atoms with Crippen LogP contribution in [0, 0.1) is 11.7 Å². The van der Waals surface area contributed by atoms with Crippen molar-refractivity contribution in [2.24, 2.45) is 0 Å². The quantitative estimate of drug-likeness (QED) is 0.746. The van der Waals surface area contributed by atoms with Crippen molar-refractivity contribution in [3.8, 4) is 11.6 Å². The Hall–Kier alpha value is -1.92. The standard InChI is InChI=1S/C16H17N3O2S/c1-10-12-6-2-3-7-13(12)21-14(10)15-17-18-16(22)19(15)9-11-5-4-8-20-11/h2-3,6-7,11H,4-5,8-9H2,1H3,(H,18,22)/t11-/m1/s1. The van der Waals surface area contributed by atoms with Gasteiger partial charge in [0.25, 0.3) is 0 Å². The van der Waals surface area contributed by atoms with Gasteiger partial charge in [-0.2, -0.15) is 5.10 Å². The van der Waals surface area contributed by atoms with E-state index in [4.69, 9.17) is 21.4 Å². The van der Waals surface area contributed by atoms with E-state index in [0.29, 0.717) is 11.3 Å². The van der Waals surface area contributed by atoms with E-state index in [1.165, 1.54) is 0 Å². The predicted molar refractivity (Wildman–Crippen MR) is 86.3 cm³/mol. The fourth-order valence-corrected chi connectivity index (χ4v) is 3.25. The fraction of sp³-hybridized carbons (Fsp3) is 0.375. The van der Waals surface area contributed by atoms with E-state index < -0.39 is 0 Å². The van der Waals surface area contributed by atoms with Crippen LogP contribution in [0.25, 0.3) is 22.6 Å². The number of fused-ring (bicyclic) bond motifs is 1. The third kappa shape index (κ3) is 2.19. The summed E-state index contributed by atoms with van der Waals surface area (Å²) in [6, 6.07) is 8.01. The number of nitrogens with one attached hydrogen (secondary N) is 1. The van der Waals surface area contributed by atoms with E-state index in [-0.39, 0.29) is 6.10 Å². The van der Waals surface area contributed by atoms with Gasteiger partial charge in [-0.25, -0.2) is 0 Å². The highest BCUT2D eigenvalue weighted by Gasteiger charge is 2.22. The zero-order valence-corrected chi connectivity index (χ0v) is 13.2. The molecule has 1 aromatic carbocycles. The van der Waals surface area contributed by atoms with Gasteiger partial charge in [0.1, 0.15) is 5.58 Å². The maximum atomic E-state index is 6.01. The molecule has 22 heavy (non-hydrogen) atoms. The molecule has 0 bridgehead atoms. The van der Waals surface area contributed by atoms with Gasteiger partial charge in [0.15, 0.2) is 16.4 Å². The van der Waals surface area contributed by atoms with E-state index in [9.17, 15) is 0 Å². The number of H-pyrrole nitrogens is 1. The molecule has 1 atom stereocenters. The Kier molecular flexibility index (Phi) is 3.35. The first-order chi connectivity index (χ1) is 10.7. The number of aryl methyl sites for hydroxylation is 1. The Morgan fingerprint density at radius 2 is 2.27 bits per heavy atom. The molecule has 5 nitrogen and oxygen atoms in total. The van der Waals surface area contributed by atoms with Crippen molar-refractivity contribution in [2.45, 2.75) is 32.4 Å². The van der Waals surface area contributed by atoms with Gasteiger partial charge in [-0.15, -0.1) is 0 Å². The molecule has 1 fully saturated rings. The minimum absolute atomic E-state index is 0.202. The molecule has 0 unspecified atom stereocenters. The lowest BCUT2D eigenvalue weighted by Crippen LogP contribution is -2.16. The van der Waals surface area contributed by atoms with Crippen LogP contribution < -0.4 is 0 Å². The SMILES string of the molecule is Cc1c(-c2n[nH]c(=S)n2C[C@H]2CCCO2)oc2ccccc12. The largest absolute Gasteiger partial charge is 0.452 e. The number of para-hydroxylation sites is 1. The molecule has 3 heterocycles. The third-order valence-corrected chi connectivity index (χ3v) is 4.53. The summed E-state index contributed by atoms with van der Waals surface area (Å²) < 4.78 is 14.3. The van der Waals surface area contributed by atoms with Crippen molar-refractivity contribution in [2.75, 3.05) is 6.61 Å². The summed E-state index contributed by atoms with van der Waals surface area (Å²) in [6.45, 7) is 3.59. The number of hydrogen-bond acceptors (Lipinski definition) is 4. The van der Waals surface area contributed by atoms with Crippen LogP contribution >= 0.6 is 12.2 Å². The average molecular weight is 315 g/mol. The maximum Gasteiger partial charge on any atom is 0.198 e. The number of benzene rings is 1. The first kappa shape index (κ1) is 13.7. The van der Waals surface area contributed by atoms with Crippen LogP contribution in [0.15, 0.2) is 28.7 Å². The summed E-state index contributed by atoms with van der Waals surface area (Å²) in [6.07, 6.45) is 2.37. The number of ether oxygens (including phenoxy) is 1. The lowest BCUT2D eigenvalue weighted by molar-refractivity contribution is 0.0969. The molecule has 114 valence electrons. The number of aromatic nitrogens is 3. The summed E-state index contributed by atoms with van der Waals surface area (Å²) in [5.74, 6) is 1.51. The van der Waals surface area contributed by atoms with Crippen LogP contribution in [0.1, 0.15) is 18.4 Å². The van der Waals surface area contributed by atoms with E-state index in [1.807, 2.05) is 22.8 Å². The van der Waals surface area contributed by atoms with E-state index in [0.717, 1.165) is 47.6 Å². The normalized spacial score (nSPS) is 18.3. The second kappa shape index (κ2) is 5.37. The minimum atomic E-state index is 0.202. The molecule has 0 amide bonds. The molecule has 1 aliphatic rings. The molecule has 4 rings (SSSR count). The first-order valence-electron chi connectivity index (χ1n) is 7.49. The first-order valence-corrected chi connectivity index (χ1v) is 7.90. The van der Waals surface area contributed by atoms with E-state index in [1.54, 1.807) is 0 Å². The monoisotopic (exact) mass is 315 g/mol. The smallest absolute Gasteiger partial charge is 0.198 e. The summed E-state index contributed by atoms with van der Waals surface area (Å²) in [4.78, 5) is 0. The minimum Gasteiger partial charge on any atom is -0.452 e. The van der Waals surface area contributed by atoms with Gasteiger partial charge in [0, 0.05) is 17.6 Å². The molecule has 0 aliphatic carbocycles. The number of hydrogen-bond donors (Lipinski definition) is 1. The zero-order valence-electron chi connectivity index (χ0n) is 12.3. The maximum absolute atomic E-state index is 6.01. The van der Waals surface area contributed by atoms with Gasteiger partial charge in [-0.1, -0.05) is 18.2 Å². The number of aromatic amines is 1. The Bertz CT molecular complexity index is 871. The molecule has 3 aromatic rings. The van der Waals surface area contributed by atoms with Gasteiger partial charge < -0.3 is 9.15 Å². The Morgan fingerprint density at radius 1 is 1.41 bits per heavy atom. The Labute approximate surface area is 132 Å². The van der Waals surface area contributed by atoms with Crippen LogP contribution in [0.4, 0.5) is 0 Å². The van der Waals surface area contributed by atoms with Crippen molar-refractivity contribution in [1.82, 2.24) is 14.8 Å². The second-order valence-electron chi connectivity index (χ2n) is 5.65. The number of rotatable bonds is 3. The van der Waals surface area contributed by atoms with E-state index in [2.05, 4.69) is 23.2 Å². The highest BCUT2D eigenvalue weighted by atomic mass is 32.1. The van der Waals surface area contributed by atoms with Gasteiger partial charge in [-0.3, -0.25) is 9.67 Å². The Morgan fingerprint density at radius 3 is 3.05 bits per heavy atom. The zero-order chi connectivity index (χ0) is 15.1. The molecule has 6 heteroatoms. The number of furan rings is 1. The fourth-order valence-electron chi connectivity index (χ4n) is 3.04. The lowest BCUT2D eigenvalue weighted by atomic mass is 10.1. The van der Waals surface area contributed by atoms with Gasteiger partial charge in [0.05, 0.1) is 12.6 Å². The molecule has 2 aromatic heterocycles. The molecular weight excluding hydrogens is 298 g/mol.